The highest BCUT2D eigenvalue weighted by Gasteiger charge is 2.16. The van der Waals surface area contributed by atoms with Gasteiger partial charge in [-0.2, -0.15) is 0 Å². The summed E-state index contributed by atoms with van der Waals surface area (Å²) < 4.78 is 10.5. The number of methoxy groups -OCH3 is 2. The van der Waals surface area contributed by atoms with Crippen LogP contribution in [0.3, 0.4) is 0 Å². The number of imidazole rings is 1. The number of H-pyrrole nitrogens is 1. The zero-order chi connectivity index (χ0) is 13.3. The molecule has 4 nitrogen and oxygen atoms in total. The molecule has 0 unspecified atom stereocenters. The van der Waals surface area contributed by atoms with E-state index in [1.165, 1.54) is 0 Å². The maximum absolute atomic E-state index is 6.28. The van der Waals surface area contributed by atoms with E-state index in [1.54, 1.807) is 20.4 Å². The molecule has 96 valence electrons. The lowest BCUT2D eigenvalue weighted by Crippen LogP contribution is -1.94. The zero-order valence-electron chi connectivity index (χ0n) is 10.8. The van der Waals surface area contributed by atoms with Crippen molar-refractivity contribution in [2.75, 3.05) is 14.2 Å². The van der Waals surface area contributed by atoms with Crippen molar-refractivity contribution < 1.29 is 9.47 Å². The number of rotatable bonds is 3. The lowest BCUT2D eigenvalue weighted by atomic mass is 10.0. The molecule has 0 bridgehead atoms. The van der Waals surface area contributed by atoms with Crippen molar-refractivity contribution in [3.8, 4) is 23.0 Å². The average molecular weight is 267 g/mol. The van der Waals surface area contributed by atoms with Gasteiger partial charge in [0.05, 0.1) is 26.1 Å². The molecule has 1 heterocycles. The lowest BCUT2D eigenvalue weighted by molar-refractivity contribution is 0.384. The van der Waals surface area contributed by atoms with Crippen LogP contribution in [0.2, 0.25) is 5.02 Å². The largest absolute Gasteiger partial charge is 0.496 e. The monoisotopic (exact) mass is 266 g/mol. The molecule has 5 heteroatoms. The number of hydrogen-bond acceptors (Lipinski definition) is 3. The van der Waals surface area contributed by atoms with Crippen LogP contribution in [0.1, 0.15) is 11.1 Å². The summed E-state index contributed by atoms with van der Waals surface area (Å²) >= 11 is 6.28. The van der Waals surface area contributed by atoms with Crippen LogP contribution in [-0.2, 0) is 0 Å². The molecule has 0 radical (unpaired) electrons. The van der Waals surface area contributed by atoms with E-state index in [-0.39, 0.29) is 0 Å². The van der Waals surface area contributed by atoms with E-state index in [1.807, 2.05) is 19.9 Å². The molecule has 1 N–H and O–H groups in total. The first-order chi connectivity index (χ1) is 8.58. The molecule has 0 saturated heterocycles. The predicted octanol–water partition coefficient (Wildman–Crippen LogP) is 3.36. The van der Waals surface area contributed by atoms with Crippen molar-refractivity contribution in [3.63, 3.8) is 0 Å². The minimum Gasteiger partial charge on any atom is -0.496 e. The third-order valence-corrected chi connectivity index (χ3v) is 3.46. The Bertz CT molecular complexity index is 579. The second-order valence-corrected chi connectivity index (χ2v) is 4.39. The van der Waals surface area contributed by atoms with Crippen LogP contribution in [-0.4, -0.2) is 24.2 Å². The Morgan fingerprint density at radius 3 is 2.50 bits per heavy atom. The number of benzene rings is 1. The van der Waals surface area contributed by atoms with Crippen LogP contribution in [0.4, 0.5) is 0 Å². The van der Waals surface area contributed by atoms with Crippen LogP contribution < -0.4 is 9.47 Å². The topological polar surface area (TPSA) is 47.1 Å². The van der Waals surface area contributed by atoms with Crippen LogP contribution in [0.15, 0.2) is 12.3 Å². The summed E-state index contributed by atoms with van der Waals surface area (Å²) in [6.07, 6.45) is 1.70. The van der Waals surface area contributed by atoms with Crippen molar-refractivity contribution in [2.45, 2.75) is 13.8 Å². The van der Waals surface area contributed by atoms with Gasteiger partial charge < -0.3 is 14.5 Å². The van der Waals surface area contributed by atoms with E-state index in [9.17, 15) is 0 Å². The molecule has 18 heavy (non-hydrogen) atoms. The minimum absolute atomic E-state index is 0.461. The predicted molar refractivity (Wildman–Crippen MR) is 71.6 cm³/mol. The van der Waals surface area contributed by atoms with Gasteiger partial charge in [-0.15, -0.1) is 0 Å². The Hall–Kier alpha value is -1.68. The van der Waals surface area contributed by atoms with Crippen molar-refractivity contribution in [3.05, 3.63) is 28.4 Å². The summed E-state index contributed by atoms with van der Waals surface area (Å²) in [6.45, 7) is 3.91. The smallest absolute Gasteiger partial charge is 0.293 e. The van der Waals surface area contributed by atoms with Gasteiger partial charge in [0, 0.05) is 10.6 Å². The molecule has 2 rings (SSSR count). The number of halogens is 1. The fourth-order valence-corrected chi connectivity index (χ4v) is 2.10. The van der Waals surface area contributed by atoms with E-state index in [2.05, 4.69) is 9.97 Å². The summed E-state index contributed by atoms with van der Waals surface area (Å²) in [6, 6.07) is 2.38. The molecule has 0 aliphatic carbocycles. The van der Waals surface area contributed by atoms with E-state index in [0.717, 1.165) is 33.2 Å². The number of aromatic nitrogens is 2. The Morgan fingerprint density at radius 1 is 1.22 bits per heavy atom. The molecular formula is C13H15ClN2O2. The van der Waals surface area contributed by atoms with Gasteiger partial charge in [-0.3, -0.25) is 0 Å². The second kappa shape index (κ2) is 4.90. The quantitative estimate of drug-likeness (QED) is 0.927. The molecule has 0 amide bonds. The van der Waals surface area contributed by atoms with Gasteiger partial charge in [0.1, 0.15) is 5.75 Å². The van der Waals surface area contributed by atoms with Gasteiger partial charge in [0.25, 0.3) is 6.01 Å². The lowest BCUT2D eigenvalue weighted by Gasteiger charge is -2.13. The van der Waals surface area contributed by atoms with Gasteiger partial charge in [-0.1, -0.05) is 11.6 Å². The molecule has 0 saturated carbocycles. The fourth-order valence-electron chi connectivity index (χ4n) is 1.95. The normalized spacial score (nSPS) is 10.5. The van der Waals surface area contributed by atoms with E-state index < -0.39 is 0 Å². The first-order valence-corrected chi connectivity index (χ1v) is 5.89. The molecule has 1 aromatic heterocycles. The van der Waals surface area contributed by atoms with Crippen LogP contribution in [0, 0.1) is 13.8 Å². The van der Waals surface area contributed by atoms with Crippen LogP contribution in [0.25, 0.3) is 11.3 Å². The summed E-state index contributed by atoms with van der Waals surface area (Å²) in [7, 11) is 3.20. The maximum Gasteiger partial charge on any atom is 0.293 e. The third-order valence-electron chi connectivity index (χ3n) is 2.88. The average Bonchev–Trinajstić information content (AvgIpc) is 2.83. The van der Waals surface area contributed by atoms with E-state index in [4.69, 9.17) is 21.1 Å². The molecule has 2 aromatic rings. The molecule has 0 fully saturated rings. The van der Waals surface area contributed by atoms with Crippen molar-refractivity contribution >= 4 is 11.6 Å². The molecule has 0 aliphatic rings. The molecule has 0 atom stereocenters. The SMILES string of the molecule is COc1ncc(-c2c(OC)cc(C)c(Cl)c2C)[nH]1. The molecule has 1 aromatic carbocycles. The fraction of sp³-hybridized carbons (Fsp3) is 0.308. The Morgan fingerprint density at radius 2 is 1.94 bits per heavy atom. The summed E-state index contributed by atoms with van der Waals surface area (Å²) in [5, 5.41) is 0.736. The van der Waals surface area contributed by atoms with Gasteiger partial charge in [0.15, 0.2) is 0 Å². The number of nitrogens with zero attached hydrogens (tertiary/aromatic N) is 1. The highest BCUT2D eigenvalue weighted by Crippen LogP contribution is 2.38. The zero-order valence-corrected chi connectivity index (χ0v) is 11.6. The number of hydrogen-bond donors (Lipinski definition) is 1. The van der Waals surface area contributed by atoms with Gasteiger partial charge in [-0.05, 0) is 31.0 Å². The number of aryl methyl sites for hydroxylation is 1. The number of ether oxygens (including phenoxy) is 2. The highest BCUT2D eigenvalue weighted by molar-refractivity contribution is 6.32. The number of aromatic amines is 1. The Kier molecular flexibility index (Phi) is 3.48. The molecule has 0 aliphatic heterocycles. The standard InChI is InChI=1S/C13H15ClN2O2/c1-7-5-10(17-3)11(8(2)12(7)14)9-6-15-13(16-9)18-4/h5-6H,1-4H3,(H,15,16). The summed E-state index contributed by atoms with van der Waals surface area (Å²) in [5.41, 5.74) is 3.67. The third kappa shape index (κ3) is 2.04. The first-order valence-electron chi connectivity index (χ1n) is 5.51. The van der Waals surface area contributed by atoms with E-state index >= 15 is 0 Å². The van der Waals surface area contributed by atoms with Crippen molar-refractivity contribution in [2.24, 2.45) is 0 Å². The summed E-state index contributed by atoms with van der Waals surface area (Å²) in [4.78, 5) is 7.17. The Labute approximate surface area is 111 Å². The molecule has 0 spiro atoms. The van der Waals surface area contributed by atoms with Crippen LogP contribution in [0.5, 0.6) is 11.8 Å². The van der Waals surface area contributed by atoms with Crippen molar-refractivity contribution in [1.29, 1.82) is 0 Å². The first kappa shape index (κ1) is 12.8. The Balaban J connectivity index is 2.65. The highest BCUT2D eigenvalue weighted by atomic mass is 35.5. The summed E-state index contributed by atoms with van der Waals surface area (Å²) in [5.74, 6) is 0.765. The second-order valence-electron chi connectivity index (χ2n) is 4.02. The maximum atomic E-state index is 6.28. The minimum atomic E-state index is 0.461. The van der Waals surface area contributed by atoms with Gasteiger partial charge in [0.2, 0.25) is 0 Å². The number of nitrogens with one attached hydrogen (secondary N) is 1. The van der Waals surface area contributed by atoms with E-state index in [0.29, 0.717) is 6.01 Å². The van der Waals surface area contributed by atoms with Gasteiger partial charge in [-0.25, -0.2) is 4.98 Å². The van der Waals surface area contributed by atoms with Gasteiger partial charge >= 0.3 is 0 Å². The van der Waals surface area contributed by atoms with Crippen molar-refractivity contribution in [1.82, 2.24) is 9.97 Å². The molecular weight excluding hydrogens is 252 g/mol. The van der Waals surface area contributed by atoms with Crippen LogP contribution >= 0.6 is 11.6 Å².